The highest BCUT2D eigenvalue weighted by molar-refractivity contribution is 6.26. The highest BCUT2D eigenvalue weighted by Gasteiger charge is 2.21. The van der Waals surface area contributed by atoms with E-state index in [9.17, 15) is 0 Å². The van der Waals surface area contributed by atoms with Crippen LogP contribution in [0, 0.1) is 0 Å². The van der Waals surface area contributed by atoms with E-state index in [0.717, 1.165) is 33.8 Å². The summed E-state index contributed by atoms with van der Waals surface area (Å²) in [5, 5.41) is 9.88. The van der Waals surface area contributed by atoms with Crippen molar-refractivity contribution < 1.29 is 0 Å². The Morgan fingerprint density at radius 1 is 0.310 bits per heavy atom. The van der Waals surface area contributed by atoms with E-state index in [1.165, 1.54) is 76.4 Å². The van der Waals surface area contributed by atoms with Crippen LogP contribution in [0.2, 0.25) is 0 Å². The fourth-order valence-electron chi connectivity index (χ4n) is 9.19. The van der Waals surface area contributed by atoms with Crippen molar-refractivity contribution in [3.8, 4) is 45.0 Å². The van der Waals surface area contributed by atoms with Gasteiger partial charge >= 0.3 is 0 Å². The summed E-state index contributed by atoms with van der Waals surface area (Å²) in [5.41, 5.74) is 13.5. The van der Waals surface area contributed by atoms with Gasteiger partial charge in [0.2, 0.25) is 0 Å². The van der Waals surface area contributed by atoms with Crippen LogP contribution in [-0.2, 0) is 0 Å². The van der Waals surface area contributed by atoms with E-state index in [1.807, 2.05) is 0 Å². The topological polar surface area (TPSA) is 22.8 Å². The number of para-hydroxylation sites is 2. The van der Waals surface area contributed by atoms with E-state index < -0.39 is 0 Å². The van der Waals surface area contributed by atoms with Crippen molar-refractivity contribution in [2.24, 2.45) is 0 Å². The zero-order chi connectivity index (χ0) is 38.2. The molecular weight excluding hydrogens is 703 g/mol. The Labute approximate surface area is 335 Å². The first kappa shape index (κ1) is 32.5. The molecule has 9 aromatic carbocycles. The lowest BCUT2D eigenvalue weighted by atomic mass is 9.98. The molecule has 12 rings (SSSR count). The fraction of sp³-hybridized carbons (Fsp3) is 0. The van der Waals surface area contributed by atoms with Gasteiger partial charge in [0.1, 0.15) is 0 Å². The standard InChI is InChI=1S/C55H35N3/c1-2-13-36(14-3-1)42-34-48(56-49(35-42)41-26-25-37-15-4-5-17-40(37)33-41)39-27-29-43(30-28-39)57-52-23-11-9-21-47(52)54-53(57)32-31-46-45-20-8-10-22-51(45)58(55(46)54)50-24-12-18-38-16-6-7-19-44(38)50/h1-35H. The molecule has 3 aromatic heterocycles. The molecule has 0 saturated carbocycles. The first-order valence-electron chi connectivity index (χ1n) is 19.9. The molecule has 3 nitrogen and oxygen atoms in total. The van der Waals surface area contributed by atoms with Crippen molar-refractivity contribution in [2.45, 2.75) is 0 Å². The van der Waals surface area contributed by atoms with Gasteiger partial charge in [0.05, 0.1) is 39.1 Å². The Bertz CT molecular complexity index is 3550. The van der Waals surface area contributed by atoms with E-state index in [2.05, 4.69) is 221 Å². The molecular formula is C55H35N3. The van der Waals surface area contributed by atoms with Gasteiger partial charge in [-0.2, -0.15) is 0 Å². The minimum absolute atomic E-state index is 0.944. The van der Waals surface area contributed by atoms with Crippen LogP contribution in [0.15, 0.2) is 212 Å². The van der Waals surface area contributed by atoms with Crippen LogP contribution in [0.25, 0.3) is 110 Å². The quantitative estimate of drug-likeness (QED) is 0.172. The predicted molar refractivity (Wildman–Crippen MR) is 244 cm³/mol. The van der Waals surface area contributed by atoms with Crippen LogP contribution in [-0.4, -0.2) is 14.1 Å². The van der Waals surface area contributed by atoms with Gasteiger partial charge in [-0.15, -0.1) is 0 Å². The SMILES string of the molecule is c1ccc(-c2cc(-c3ccc(-n4c5ccccc5c5c4ccc4c6ccccc6n(-c6cccc7ccccc67)c45)cc3)nc(-c3ccc4ccccc4c3)c2)cc1. The average Bonchev–Trinajstić information content (AvgIpc) is 3.82. The molecule has 3 heterocycles. The van der Waals surface area contributed by atoms with Gasteiger partial charge in [-0.05, 0) is 81.9 Å². The first-order chi connectivity index (χ1) is 28.8. The molecule has 0 N–H and O–H groups in total. The van der Waals surface area contributed by atoms with Gasteiger partial charge in [0, 0.05) is 43.7 Å². The number of pyridine rings is 1. The Kier molecular flexibility index (Phi) is 7.23. The second-order valence-electron chi connectivity index (χ2n) is 15.2. The fourth-order valence-corrected chi connectivity index (χ4v) is 9.19. The molecule has 0 spiro atoms. The molecule has 58 heavy (non-hydrogen) atoms. The Morgan fingerprint density at radius 3 is 1.74 bits per heavy atom. The smallest absolute Gasteiger partial charge is 0.0715 e. The number of aromatic nitrogens is 3. The third-order valence-corrected chi connectivity index (χ3v) is 11.9. The summed E-state index contributed by atoms with van der Waals surface area (Å²) in [6.45, 7) is 0. The molecule has 270 valence electrons. The Hall–Kier alpha value is -7.75. The minimum atomic E-state index is 0.944. The highest BCUT2D eigenvalue weighted by atomic mass is 15.0. The van der Waals surface area contributed by atoms with Crippen molar-refractivity contribution >= 4 is 65.2 Å². The van der Waals surface area contributed by atoms with Crippen LogP contribution in [0.5, 0.6) is 0 Å². The molecule has 0 unspecified atom stereocenters. The summed E-state index contributed by atoms with van der Waals surface area (Å²) < 4.78 is 4.92. The Morgan fingerprint density at radius 2 is 0.931 bits per heavy atom. The summed E-state index contributed by atoms with van der Waals surface area (Å²) in [5.74, 6) is 0. The lowest BCUT2D eigenvalue weighted by Crippen LogP contribution is -1.96. The summed E-state index contributed by atoms with van der Waals surface area (Å²) in [7, 11) is 0. The third-order valence-electron chi connectivity index (χ3n) is 11.9. The second-order valence-corrected chi connectivity index (χ2v) is 15.2. The van der Waals surface area contributed by atoms with E-state index in [1.54, 1.807) is 0 Å². The average molecular weight is 738 g/mol. The van der Waals surface area contributed by atoms with Crippen LogP contribution in [0.4, 0.5) is 0 Å². The lowest BCUT2D eigenvalue weighted by molar-refractivity contribution is 1.18. The number of nitrogens with zero attached hydrogens (tertiary/aromatic N) is 3. The van der Waals surface area contributed by atoms with Crippen molar-refractivity contribution in [2.75, 3.05) is 0 Å². The van der Waals surface area contributed by atoms with Crippen molar-refractivity contribution in [1.29, 1.82) is 0 Å². The highest BCUT2D eigenvalue weighted by Crippen LogP contribution is 2.43. The molecule has 0 saturated heterocycles. The van der Waals surface area contributed by atoms with Gasteiger partial charge in [0.15, 0.2) is 0 Å². The number of hydrogen-bond acceptors (Lipinski definition) is 1. The number of benzene rings is 9. The van der Waals surface area contributed by atoms with Crippen LogP contribution < -0.4 is 0 Å². The molecule has 0 amide bonds. The third kappa shape index (κ3) is 5.04. The molecule has 3 heteroatoms. The first-order valence-corrected chi connectivity index (χ1v) is 19.9. The Balaban J connectivity index is 1.05. The van der Waals surface area contributed by atoms with Gasteiger partial charge in [-0.3, -0.25) is 0 Å². The van der Waals surface area contributed by atoms with Crippen molar-refractivity contribution in [3.05, 3.63) is 212 Å². The molecule has 0 fully saturated rings. The van der Waals surface area contributed by atoms with Gasteiger partial charge < -0.3 is 9.13 Å². The van der Waals surface area contributed by atoms with Gasteiger partial charge in [-0.25, -0.2) is 4.98 Å². The van der Waals surface area contributed by atoms with Gasteiger partial charge in [0.25, 0.3) is 0 Å². The normalized spacial score (nSPS) is 11.8. The second kappa shape index (κ2) is 12.9. The van der Waals surface area contributed by atoms with E-state index in [4.69, 9.17) is 4.98 Å². The molecule has 0 bridgehead atoms. The van der Waals surface area contributed by atoms with Crippen LogP contribution >= 0.6 is 0 Å². The molecule has 0 aliphatic rings. The summed E-state index contributed by atoms with van der Waals surface area (Å²) in [6, 6.07) is 76.8. The molecule has 0 aliphatic heterocycles. The summed E-state index contributed by atoms with van der Waals surface area (Å²) in [4.78, 5) is 5.30. The molecule has 0 aliphatic carbocycles. The summed E-state index contributed by atoms with van der Waals surface area (Å²) in [6.07, 6.45) is 0. The monoisotopic (exact) mass is 737 g/mol. The largest absolute Gasteiger partial charge is 0.309 e. The lowest BCUT2D eigenvalue weighted by Gasteiger charge is -2.13. The predicted octanol–water partition coefficient (Wildman–Crippen LogP) is 14.6. The summed E-state index contributed by atoms with van der Waals surface area (Å²) >= 11 is 0. The number of rotatable bonds is 5. The van der Waals surface area contributed by atoms with E-state index in [-0.39, 0.29) is 0 Å². The zero-order valence-corrected chi connectivity index (χ0v) is 31.5. The van der Waals surface area contributed by atoms with E-state index >= 15 is 0 Å². The maximum Gasteiger partial charge on any atom is 0.0715 e. The number of hydrogen-bond donors (Lipinski definition) is 0. The van der Waals surface area contributed by atoms with Crippen molar-refractivity contribution in [3.63, 3.8) is 0 Å². The number of fused-ring (bicyclic) bond motifs is 9. The zero-order valence-electron chi connectivity index (χ0n) is 31.5. The minimum Gasteiger partial charge on any atom is -0.309 e. The van der Waals surface area contributed by atoms with E-state index in [0.29, 0.717) is 0 Å². The van der Waals surface area contributed by atoms with Crippen LogP contribution in [0.3, 0.4) is 0 Å². The molecule has 0 atom stereocenters. The molecule has 12 aromatic rings. The molecule has 0 radical (unpaired) electrons. The van der Waals surface area contributed by atoms with Crippen LogP contribution in [0.1, 0.15) is 0 Å². The maximum absolute atomic E-state index is 5.30. The maximum atomic E-state index is 5.30. The van der Waals surface area contributed by atoms with Gasteiger partial charge in [-0.1, -0.05) is 158 Å². The van der Waals surface area contributed by atoms with Crippen molar-refractivity contribution in [1.82, 2.24) is 14.1 Å².